The molecule has 0 aromatic heterocycles. The fourth-order valence-electron chi connectivity index (χ4n) is 2.54. The molecule has 0 saturated heterocycles. The van der Waals surface area contributed by atoms with Gasteiger partial charge in [0.15, 0.2) is 0 Å². The highest BCUT2D eigenvalue weighted by Gasteiger charge is 2.22. The first kappa shape index (κ1) is 14.9. The summed E-state index contributed by atoms with van der Waals surface area (Å²) in [7, 11) is 0. The monoisotopic (exact) mass is 333 g/mol. The van der Waals surface area contributed by atoms with Crippen LogP contribution >= 0.6 is 15.9 Å². The Kier molecular flexibility index (Phi) is 5.30. The van der Waals surface area contributed by atoms with Crippen molar-refractivity contribution in [2.75, 3.05) is 6.54 Å². The Balaban J connectivity index is 1.90. The molecule has 2 atom stereocenters. The molecule has 1 aromatic rings. The number of halogens is 3. The molecule has 1 aromatic carbocycles. The summed E-state index contributed by atoms with van der Waals surface area (Å²) in [4.78, 5) is 0. The first-order valence-corrected chi connectivity index (χ1v) is 7.40. The molecule has 1 aliphatic carbocycles. The van der Waals surface area contributed by atoms with Gasteiger partial charge in [0.1, 0.15) is 11.6 Å². The Morgan fingerprint density at radius 2 is 2.00 bits per heavy atom. The van der Waals surface area contributed by atoms with Crippen molar-refractivity contribution in [2.45, 2.75) is 38.3 Å². The highest BCUT2D eigenvalue weighted by Crippen LogP contribution is 2.24. The number of hydrogen-bond donors (Lipinski definition) is 2. The van der Waals surface area contributed by atoms with E-state index in [0.29, 0.717) is 6.54 Å². The molecule has 1 fully saturated rings. The number of hydrogen-bond acceptors (Lipinski definition) is 2. The fraction of sp³-hybridized carbons (Fsp3) is 0.571. The zero-order valence-electron chi connectivity index (χ0n) is 10.6. The molecule has 2 nitrogen and oxygen atoms in total. The summed E-state index contributed by atoms with van der Waals surface area (Å²) in [5, 5.41) is 12.9. The second kappa shape index (κ2) is 6.77. The molecule has 0 aliphatic heterocycles. The van der Waals surface area contributed by atoms with Gasteiger partial charge in [-0.3, -0.25) is 0 Å². The van der Waals surface area contributed by atoms with Gasteiger partial charge in [-0.05, 0) is 46.8 Å². The molecular weight excluding hydrogens is 316 g/mol. The molecule has 0 amide bonds. The molecule has 2 unspecified atom stereocenters. The lowest BCUT2D eigenvalue weighted by Gasteiger charge is -2.27. The average molecular weight is 334 g/mol. The van der Waals surface area contributed by atoms with E-state index in [4.69, 9.17) is 0 Å². The van der Waals surface area contributed by atoms with Crippen molar-refractivity contribution in [3.05, 3.63) is 33.8 Å². The maximum Gasteiger partial charge on any atom is 0.144 e. The maximum absolute atomic E-state index is 13.7. The highest BCUT2D eigenvalue weighted by atomic mass is 79.9. The van der Waals surface area contributed by atoms with Crippen LogP contribution in [0.4, 0.5) is 8.78 Å². The number of rotatable bonds is 4. The molecule has 1 saturated carbocycles. The largest absolute Gasteiger partial charge is 0.393 e. The summed E-state index contributed by atoms with van der Waals surface area (Å²) in [5.74, 6) is -0.916. The topological polar surface area (TPSA) is 32.3 Å². The third-order valence-electron chi connectivity index (χ3n) is 3.72. The van der Waals surface area contributed by atoms with Crippen LogP contribution in [-0.2, 0) is 6.54 Å². The van der Waals surface area contributed by atoms with E-state index in [1.807, 2.05) is 0 Å². The molecule has 0 spiro atoms. The van der Waals surface area contributed by atoms with E-state index in [-0.39, 0.29) is 28.6 Å². The third-order valence-corrected chi connectivity index (χ3v) is 4.33. The van der Waals surface area contributed by atoms with Crippen molar-refractivity contribution in [2.24, 2.45) is 5.92 Å². The van der Waals surface area contributed by atoms with Crippen LogP contribution in [0.2, 0.25) is 0 Å². The predicted octanol–water partition coefficient (Wildman–Crippen LogP) is 3.37. The molecule has 2 N–H and O–H groups in total. The number of aliphatic hydroxyl groups excluding tert-OH is 1. The van der Waals surface area contributed by atoms with Gasteiger partial charge in [-0.25, -0.2) is 8.78 Å². The van der Waals surface area contributed by atoms with Crippen molar-refractivity contribution >= 4 is 15.9 Å². The van der Waals surface area contributed by atoms with E-state index in [1.54, 1.807) is 0 Å². The van der Waals surface area contributed by atoms with Gasteiger partial charge in [0.05, 0.1) is 10.6 Å². The first-order chi connectivity index (χ1) is 9.09. The molecule has 1 aliphatic rings. The van der Waals surface area contributed by atoms with Crippen LogP contribution in [0.25, 0.3) is 0 Å². The third kappa shape index (κ3) is 3.74. The van der Waals surface area contributed by atoms with Gasteiger partial charge in [-0.1, -0.05) is 12.8 Å². The second-order valence-electron chi connectivity index (χ2n) is 5.06. The van der Waals surface area contributed by atoms with Gasteiger partial charge in [0.2, 0.25) is 0 Å². The lowest BCUT2D eigenvalue weighted by atomic mass is 9.86. The lowest BCUT2D eigenvalue weighted by molar-refractivity contribution is 0.0694. The van der Waals surface area contributed by atoms with Gasteiger partial charge < -0.3 is 10.4 Å². The molecule has 106 valence electrons. The molecular formula is C14H18BrF2NO. The minimum Gasteiger partial charge on any atom is -0.393 e. The predicted molar refractivity (Wildman–Crippen MR) is 73.7 cm³/mol. The lowest BCUT2D eigenvalue weighted by Crippen LogP contribution is -2.33. The summed E-state index contributed by atoms with van der Waals surface area (Å²) in [6.07, 6.45) is 3.68. The van der Waals surface area contributed by atoms with E-state index in [2.05, 4.69) is 21.2 Å². The van der Waals surface area contributed by atoms with Crippen molar-refractivity contribution < 1.29 is 13.9 Å². The Bertz CT molecular complexity index is 442. The van der Waals surface area contributed by atoms with Crippen LogP contribution in [0, 0.1) is 17.6 Å². The Hall–Kier alpha value is -0.520. The summed E-state index contributed by atoms with van der Waals surface area (Å²) in [6.45, 7) is 0.729. The SMILES string of the molecule is OC1CCCCC1CNCc1c(F)ccc(Br)c1F. The van der Waals surface area contributed by atoms with Crippen molar-refractivity contribution in [1.82, 2.24) is 5.32 Å². The molecule has 19 heavy (non-hydrogen) atoms. The molecule has 2 rings (SSSR count). The van der Waals surface area contributed by atoms with Gasteiger partial charge >= 0.3 is 0 Å². The summed E-state index contributed by atoms with van der Waals surface area (Å²) < 4.78 is 27.5. The molecule has 0 bridgehead atoms. The van der Waals surface area contributed by atoms with Crippen LogP contribution in [0.3, 0.4) is 0 Å². The highest BCUT2D eigenvalue weighted by molar-refractivity contribution is 9.10. The summed E-state index contributed by atoms with van der Waals surface area (Å²) >= 11 is 3.05. The van der Waals surface area contributed by atoms with Gasteiger partial charge in [-0.15, -0.1) is 0 Å². The summed E-state index contributed by atoms with van der Waals surface area (Å²) in [6, 6.07) is 2.61. The van der Waals surface area contributed by atoms with Gasteiger partial charge in [0, 0.05) is 18.7 Å². The fourth-order valence-corrected chi connectivity index (χ4v) is 2.91. The van der Waals surface area contributed by atoms with E-state index in [1.165, 1.54) is 12.1 Å². The van der Waals surface area contributed by atoms with Crippen LogP contribution in [0.1, 0.15) is 31.2 Å². The quantitative estimate of drug-likeness (QED) is 0.828. The zero-order chi connectivity index (χ0) is 13.8. The molecule has 0 heterocycles. The van der Waals surface area contributed by atoms with Crippen molar-refractivity contribution in [1.29, 1.82) is 0 Å². The van der Waals surface area contributed by atoms with Crippen LogP contribution in [0.5, 0.6) is 0 Å². The molecule has 0 radical (unpaired) electrons. The van der Waals surface area contributed by atoms with Crippen LogP contribution in [0.15, 0.2) is 16.6 Å². The first-order valence-electron chi connectivity index (χ1n) is 6.60. The van der Waals surface area contributed by atoms with Crippen molar-refractivity contribution in [3.8, 4) is 0 Å². The van der Waals surface area contributed by atoms with Gasteiger partial charge in [-0.2, -0.15) is 0 Å². The Morgan fingerprint density at radius 1 is 1.26 bits per heavy atom. The van der Waals surface area contributed by atoms with Crippen LogP contribution in [-0.4, -0.2) is 17.8 Å². The van der Waals surface area contributed by atoms with E-state index in [9.17, 15) is 13.9 Å². The van der Waals surface area contributed by atoms with E-state index >= 15 is 0 Å². The number of nitrogens with one attached hydrogen (secondary N) is 1. The van der Waals surface area contributed by atoms with Crippen molar-refractivity contribution in [3.63, 3.8) is 0 Å². The Labute approximate surface area is 120 Å². The van der Waals surface area contributed by atoms with E-state index in [0.717, 1.165) is 25.7 Å². The second-order valence-corrected chi connectivity index (χ2v) is 5.92. The smallest absolute Gasteiger partial charge is 0.144 e. The standard InChI is InChI=1S/C14H18BrF2NO/c15-11-5-6-12(16)10(14(11)17)8-18-7-9-3-1-2-4-13(9)19/h5-6,9,13,18-19H,1-4,7-8H2. The average Bonchev–Trinajstić information content (AvgIpc) is 2.40. The number of aliphatic hydroxyl groups is 1. The maximum atomic E-state index is 13.7. The minimum absolute atomic E-state index is 0.0414. The number of benzene rings is 1. The Morgan fingerprint density at radius 3 is 2.74 bits per heavy atom. The van der Waals surface area contributed by atoms with Crippen LogP contribution < -0.4 is 5.32 Å². The summed E-state index contributed by atoms with van der Waals surface area (Å²) in [5.41, 5.74) is 0.0414. The van der Waals surface area contributed by atoms with Gasteiger partial charge in [0.25, 0.3) is 0 Å². The van der Waals surface area contributed by atoms with E-state index < -0.39 is 11.6 Å². The zero-order valence-corrected chi connectivity index (χ0v) is 12.2. The minimum atomic E-state index is -0.559. The molecule has 5 heteroatoms. The normalized spacial score (nSPS) is 23.6.